The second-order valence-corrected chi connectivity index (χ2v) is 4.24. The van der Waals surface area contributed by atoms with Gasteiger partial charge in [0.05, 0.1) is 11.1 Å². The van der Waals surface area contributed by atoms with Crippen molar-refractivity contribution in [3.63, 3.8) is 0 Å². The average Bonchev–Trinajstić information content (AvgIpc) is 2.43. The fourth-order valence-corrected chi connectivity index (χ4v) is 1.46. The van der Waals surface area contributed by atoms with E-state index in [9.17, 15) is 14.0 Å². The number of benzene rings is 1. The predicted molar refractivity (Wildman–Crippen MR) is 70.8 cm³/mol. The number of hydrogen-bond donors (Lipinski definition) is 1. The molecule has 6 heteroatoms. The van der Waals surface area contributed by atoms with Crippen LogP contribution in [-0.2, 0) is 0 Å². The van der Waals surface area contributed by atoms with Crippen LogP contribution in [0.5, 0.6) is 5.75 Å². The lowest BCUT2D eigenvalue weighted by atomic mass is 10.2. The van der Waals surface area contributed by atoms with Crippen LogP contribution in [0.3, 0.4) is 0 Å². The molecule has 0 atom stereocenters. The molecule has 0 saturated heterocycles. The van der Waals surface area contributed by atoms with Crippen molar-refractivity contribution in [2.45, 2.75) is 0 Å². The van der Waals surface area contributed by atoms with Gasteiger partial charge in [-0.2, -0.15) is 4.39 Å². The van der Waals surface area contributed by atoms with Gasteiger partial charge in [-0.25, -0.2) is 4.98 Å². The van der Waals surface area contributed by atoms with Gasteiger partial charge in [-0.15, -0.1) is 0 Å². The van der Waals surface area contributed by atoms with E-state index >= 15 is 0 Å². The number of aromatic hydroxyl groups is 1. The van der Waals surface area contributed by atoms with E-state index in [1.54, 1.807) is 18.2 Å². The van der Waals surface area contributed by atoms with Gasteiger partial charge in [0.2, 0.25) is 5.95 Å². The minimum atomic E-state index is -0.738. The molecule has 0 fully saturated rings. The van der Waals surface area contributed by atoms with E-state index < -0.39 is 5.95 Å². The third-order valence-electron chi connectivity index (χ3n) is 2.02. The van der Waals surface area contributed by atoms with Gasteiger partial charge >= 0.3 is 0 Å². The van der Waals surface area contributed by atoms with Crippen LogP contribution >= 0.6 is 15.9 Å². The molecule has 0 aliphatic rings. The smallest absolute Gasteiger partial charge is 0.223 e. The Hall–Kier alpha value is -2.08. The number of hydrogen-bond acceptors (Lipinski definition) is 4. The number of nitrogens with zero attached hydrogens (tertiary/aromatic N) is 1. The van der Waals surface area contributed by atoms with E-state index in [1.165, 1.54) is 18.3 Å². The molecule has 0 amide bonds. The number of halogens is 2. The fourth-order valence-electron chi connectivity index (χ4n) is 1.11. The maximum Gasteiger partial charge on any atom is 0.223 e. The molecule has 1 aromatic heterocycles. The summed E-state index contributed by atoms with van der Waals surface area (Å²) >= 11 is 3.05. The number of pyridine rings is 1. The Morgan fingerprint density at radius 1 is 1.16 bits per heavy atom. The minimum Gasteiger partial charge on any atom is -0.507 e. The van der Waals surface area contributed by atoms with Crippen molar-refractivity contribution < 1.29 is 19.1 Å². The van der Waals surface area contributed by atoms with E-state index in [1.807, 2.05) is 0 Å². The molecule has 0 radical (unpaired) electrons. The summed E-state index contributed by atoms with van der Waals surface area (Å²) in [4.78, 5) is 23.5. The standard InChI is InChI=1S/C7H6O2.C6H3BrFNO/c8-5-6-3-1-2-4-7(6)9;7-5-1-4(3-10)6(8)9-2-5/h1-5,9H;1-3H. The maximum atomic E-state index is 12.4. The normalized spacial score (nSPS) is 9.16. The Morgan fingerprint density at radius 2 is 1.79 bits per heavy atom. The van der Waals surface area contributed by atoms with Gasteiger partial charge in [0.15, 0.2) is 12.6 Å². The Morgan fingerprint density at radius 3 is 2.26 bits per heavy atom. The highest BCUT2D eigenvalue weighted by Crippen LogP contribution is 2.12. The number of aldehydes is 2. The Kier molecular flexibility index (Phi) is 5.81. The zero-order valence-corrected chi connectivity index (χ0v) is 11.2. The predicted octanol–water partition coefficient (Wildman–Crippen LogP) is 3.00. The first kappa shape index (κ1) is 15.0. The van der Waals surface area contributed by atoms with Crippen LogP contribution in [0.15, 0.2) is 41.0 Å². The van der Waals surface area contributed by atoms with Crippen molar-refractivity contribution in [2.24, 2.45) is 0 Å². The highest BCUT2D eigenvalue weighted by atomic mass is 79.9. The zero-order chi connectivity index (χ0) is 14.3. The molecular weight excluding hydrogens is 317 g/mol. The van der Waals surface area contributed by atoms with Crippen molar-refractivity contribution in [3.05, 3.63) is 58.1 Å². The number of para-hydroxylation sites is 1. The summed E-state index contributed by atoms with van der Waals surface area (Å²) in [6.07, 6.45) is 2.34. The van der Waals surface area contributed by atoms with Gasteiger partial charge in [-0.1, -0.05) is 12.1 Å². The van der Waals surface area contributed by atoms with Crippen LogP contribution in [0.1, 0.15) is 20.7 Å². The number of carbonyl (C=O) groups is 2. The number of phenols is 1. The Bertz CT molecular complexity index is 590. The minimum absolute atomic E-state index is 0.0330. The summed E-state index contributed by atoms with van der Waals surface area (Å²) in [6.45, 7) is 0. The van der Waals surface area contributed by atoms with Crippen molar-refractivity contribution in [3.8, 4) is 5.75 Å². The quantitative estimate of drug-likeness (QED) is 0.680. The molecule has 19 heavy (non-hydrogen) atoms. The molecule has 1 aromatic carbocycles. The topological polar surface area (TPSA) is 67.3 Å². The highest BCUT2D eigenvalue weighted by Gasteiger charge is 2.00. The molecule has 1 heterocycles. The number of aromatic nitrogens is 1. The molecule has 4 nitrogen and oxygen atoms in total. The summed E-state index contributed by atoms with van der Waals surface area (Å²) in [5.74, 6) is -0.703. The molecule has 0 aliphatic carbocycles. The van der Waals surface area contributed by atoms with Crippen LogP contribution in [-0.4, -0.2) is 22.7 Å². The van der Waals surface area contributed by atoms with Gasteiger partial charge in [-0.3, -0.25) is 9.59 Å². The second-order valence-electron chi connectivity index (χ2n) is 3.33. The van der Waals surface area contributed by atoms with Gasteiger partial charge in [0, 0.05) is 10.7 Å². The van der Waals surface area contributed by atoms with Crippen LogP contribution < -0.4 is 0 Å². The summed E-state index contributed by atoms with van der Waals surface area (Å²) in [7, 11) is 0. The third kappa shape index (κ3) is 4.59. The highest BCUT2D eigenvalue weighted by molar-refractivity contribution is 9.10. The van der Waals surface area contributed by atoms with E-state index in [-0.39, 0.29) is 11.3 Å². The lowest BCUT2D eigenvalue weighted by Crippen LogP contribution is -1.90. The first-order valence-electron chi connectivity index (χ1n) is 5.08. The van der Waals surface area contributed by atoms with Gasteiger partial charge in [-0.05, 0) is 34.1 Å². The van der Waals surface area contributed by atoms with E-state index in [2.05, 4.69) is 20.9 Å². The average molecular weight is 326 g/mol. The molecule has 1 N–H and O–H groups in total. The monoisotopic (exact) mass is 325 g/mol. The van der Waals surface area contributed by atoms with E-state index in [0.717, 1.165) is 0 Å². The van der Waals surface area contributed by atoms with Crippen molar-refractivity contribution >= 4 is 28.5 Å². The number of carbonyl (C=O) groups excluding carboxylic acids is 2. The number of rotatable bonds is 2. The molecule has 2 aromatic rings. The molecule has 0 saturated carbocycles. The zero-order valence-electron chi connectivity index (χ0n) is 9.59. The molecular formula is C13H9BrFNO3. The van der Waals surface area contributed by atoms with Crippen LogP contribution in [0.2, 0.25) is 0 Å². The third-order valence-corrected chi connectivity index (χ3v) is 2.46. The van der Waals surface area contributed by atoms with Gasteiger partial charge < -0.3 is 5.11 Å². The summed E-state index contributed by atoms with van der Waals surface area (Å²) < 4.78 is 13.0. The van der Waals surface area contributed by atoms with E-state index in [0.29, 0.717) is 22.6 Å². The summed E-state index contributed by atoms with van der Waals surface area (Å²) in [5, 5.41) is 8.88. The molecule has 0 bridgehead atoms. The summed E-state index contributed by atoms with van der Waals surface area (Å²) in [6, 6.07) is 7.77. The number of phenolic OH excluding ortho intramolecular Hbond substituents is 1. The van der Waals surface area contributed by atoms with Crippen molar-refractivity contribution in [1.82, 2.24) is 4.98 Å². The van der Waals surface area contributed by atoms with Crippen LogP contribution in [0.25, 0.3) is 0 Å². The fraction of sp³-hybridized carbons (Fsp3) is 0. The lowest BCUT2D eigenvalue weighted by molar-refractivity contribution is 0.111. The van der Waals surface area contributed by atoms with Crippen LogP contribution in [0.4, 0.5) is 4.39 Å². The molecule has 0 spiro atoms. The molecule has 98 valence electrons. The first-order chi connectivity index (χ1) is 9.08. The largest absolute Gasteiger partial charge is 0.507 e. The molecule has 0 aliphatic heterocycles. The maximum absolute atomic E-state index is 12.4. The van der Waals surface area contributed by atoms with Crippen molar-refractivity contribution in [2.75, 3.05) is 0 Å². The van der Waals surface area contributed by atoms with E-state index in [4.69, 9.17) is 5.11 Å². The van der Waals surface area contributed by atoms with Crippen molar-refractivity contribution in [1.29, 1.82) is 0 Å². The Labute approximate surface area is 117 Å². The molecule has 2 rings (SSSR count). The lowest BCUT2D eigenvalue weighted by Gasteiger charge is -1.91. The SMILES string of the molecule is O=Cc1cc(Br)cnc1F.O=Cc1ccccc1O. The van der Waals surface area contributed by atoms with Crippen LogP contribution in [0, 0.1) is 5.95 Å². The first-order valence-corrected chi connectivity index (χ1v) is 5.87. The Balaban J connectivity index is 0.000000191. The second kappa shape index (κ2) is 7.38. The molecule has 0 unspecified atom stereocenters. The van der Waals surface area contributed by atoms with Gasteiger partial charge in [0.25, 0.3) is 0 Å². The summed E-state index contributed by atoms with van der Waals surface area (Å²) in [5.41, 5.74) is 0.298. The van der Waals surface area contributed by atoms with Gasteiger partial charge in [0.1, 0.15) is 5.75 Å².